The number of aromatic nitrogens is 2. The molecule has 156 valence electrons. The molecule has 2 aromatic heterocycles. The maximum atomic E-state index is 12.8. The van der Waals surface area contributed by atoms with Gasteiger partial charge in [0, 0.05) is 58.1 Å². The van der Waals surface area contributed by atoms with Gasteiger partial charge in [0.15, 0.2) is 11.4 Å². The Morgan fingerprint density at radius 1 is 1.10 bits per heavy atom. The number of amides is 1. The van der Waals surface area contributed by atoms with Gasteiger partial charge < -0.3 is 19.1 Å². The Labute approximate surface area is 175 Å². The van der Waals surface area contributed by atoms with Crippen LogP contribution in [0, 0.1) is 0 Å². The molecule has 8 heteroatoms. The molecule has 0 atom stereocenters. The van der Waals surface area contributed by atoms with Crippen LogP contribution < -0.4 is 9.64 Å². The molecular formula is C22H25N5O3. The summed E-state index contributed by atoms with van der Waals surface area (Å²) in [5.74, 6) is 1.56. The number of hydrogen-bond acceptors (Lipinski definition) is 7. The maximum absolute atomic E-state index is 12.8. The summed E-state index contributed by atoms with van der Waals surface area (Å²) >= 11 is 0. The monoisotopic (exact) mass is 407 g/mol. The van der Waals surface area contributed by atoms with Gasteiger partial charge in [0.1, 0.15) is 0 Å². The number of pyridine rings is 1. The summed E-state index contributed by atoms with van der Waals surface area (Å²) in [6, 6.07) is 9.84. The number of anilines is 1. The number of para-hydroxylation sites is 1. The summed E-state index contributed by atoms with van der Waals surface area (Å²) in [5.41, 5.74) is 2.55. The fraction of sp³-hybridized carbons (Fsp3) is 0.409. The summed E-state index contributed by atoms with van der Waals surface area (Å²) in [4.78, 5) is 23.7. The molecule has 1 saturated heterocycles. The Morgan fingerprint density at radius 3 is 2.77 bits per heavy atom. The first-order valence-corrected chi connectivity index (χ1v) is 10.4. The van der Waals surface area contributed by atoms with E-state index in [-0.39, 0.29) is 5.91 Å². The lowest BCUT2D eigenvalue weighted by atomic mass is 10.0. The topological polar surface area (TPSA) is 74.9 Å². The van der Waals surface area contributed by atoms with Crippen molar-refractivity contribution in [2.24, 2.45) is 0 Å². The molecule has 8 nitrogen and oxygen atoms in total. The number of methoxy groups -OCH3 is 1. The van der Waals surface area contributed by atoms with Crippen LogP contribution in [0.3, 0.4) is 0 Å². The first-order valence-electron chi connectivity index (χ1n) is 10.4. The highest BCUT2D eigenvalue weighted by molar-refractivity contribution is 5.96. The highest BCUT2D eigenvalue weighted by atomic mass is 16.5. The SMILES string of the molecule is COc1cc2c(cn1)C(=O)N(CCN1CCN(c3noc4ccccc34)CC1)CC2. The van der Waals surface area contributed by atoms with Crippen molar-refractivity contribution in [3.05, 3.63) is 47.7 Å². The lowest BCUT2D eigenvalue weighted by Gasteiger charge is -2.36. The Balaban J connectivity index is 1.16. The van der Waals surface area contributed by atoms with E-state index in [9.17, 15) is 4.79 Å². The molecule has 1 amide bonds. The van der Waals surface area contributed by atoms with Gasteiger partial charge >= 0.3 is 0 Å². The highest BCUT2D eigenvalue weighted by Crippen LogP contribution is 2.26. The third-order valence-corrected chi connectivity index (χ3v) is 6.06. The molecule has 1 aromatic carbocycles. The number of nitrogens with zero attached hydrogens (tertiary/aromatic N) is 5. The van der Waals surface area contributed by atoms with Gasteiger partial charge in [0.05, 0.1) is 18.1 Å². The number of ether oxygens (including phenoxy) is 1. The second kappa shape index (κ2) is 7.95. The summed E-state index contributed by atoms with van der Waals surface area (Å²) in [6.07, 6.45) is 2.48. The maximum Gasteiger partial charge on any atom is 0.255 e. The van der Waals surface area contributed by atoms with Crippen LogP contribution in [0.25, 0.3) is 11.0 Å². The number of rotatable bonds is 5. The molecule has 0 radical (unpaired) electrons. The van der Waals surface area contributed by atoms with Gasteiger partial charge in [0.2, 0.25) is 5.88 Å². The van der Waals surface area contributed by atoms with E-state index in [1.807, 2.05) is 29.2 Å². The fourth-order valence-electron chi connectivity index (χ4n) is 4.27. The predicted molar refractivity (Wildman–Crippen MR) is 113 cm³/mol. The third kappa shape index (κ3) is 3.47. The van der Waals surface area contributed by atoms with Crippen LogP contribution in [-0.4, -0.2) is 78.8 Å². The van der Waals surface area contributed by atoms with Gasteiger partial charge in [-0.05, 0) is 24.1 Å². The smallest absolute Gasteiger partial charge is 0.255 e. The standard InChI is InChI=1S/C22H25N5O3/c1-29-20-14-16-6-7-27(22(28)18(16)15-23-20)13-10-25-8-11-26(12-9-25)21-17-4-2-3-5-19(17)30-24-21/h2-5,14-15H,6-13H2,1H3. The van der Waals surface area contributed by atoms with E-state index in [1.165, 1.54) is 0 Å². The molecule has 0 unspecified atom stereocenters. The zero-order chi connectivity index (χ0) is 20.5. The number of hydrogen-bond donors (Lipinski definition) is 0. The number of carbonyl (C=O) groups is 1. The average molecular weight is 407 g/mol. The zero-order valence-electron chi connectivity index (χ0n) is 17.1. The Bertz CT molecular complexity index is 1060. The lowest BCUT2D eigenvalue weighted by molar-refractivity contribution is 0.0716. The number of carbonyl (C=O) groups excluding carboxylic acids is 1. The molecule has 3 aromatic rings. The van der Waals surface area contributed by atoms with E-state index in [2.05, 4.69) is 26.0 Å². The first kappa shape index (κ1) is 18.9. The van der Waals surface area contributed by atoms with Crippen molar-refractivity contribution in [1.82, 2.24) is 19.9 Å². The van der Waals surface area contributed by atoms with E-state index in [4.69, 9.17) is 9.26 Å². The van der Waals surface area contributed by atoms with Crippen LogP contribution in [0.15, 0.2) is 41.1 Å². The van der Waals surface area contributed by atoms with Crippen molar-refractivity contribution in [2.75, 3.05) is 57.8 Å². The van der Waals surface area contributed by atoms with Crippen molar-refractivity contribution in [3.63, 3.8) is 0 Å². The predicted octanol–water partition coefficient (Wildman–Crippen LogP) is 2.05. The normalized spacial score (nSPS) is 17.4. The Hall–Kier alpha value is -3.13. The first-order chi connectivity index (χ1) is 14.7. The molecule has 2 aliphatic rings. The molecule has 1 fully saturated rings. The van der Waals surface area contributed by atoms with Crippen molar-refractivity contribution < 1.29 is 14.1 Å². The molecule has 4 heterocycles. The minimum absolute atomic E-state index is 0.0686. The zero-order valence-corrected chi connectivity index (χ0v) is 17.1. The van der Waals surface area contributed by atoms with E-state index in [0.717, 1.165) is 74.6 Å². The van der Waals surface area contributed by atoms with Crippen LogP contribution in [0.2, 0.25) is 0 Å². The largest absolute Gasteiger partial charge is 0.481 e. The third-order valence-electron chi connectivity index (χ3n) is 6.06. The van der Waals surface area contributed by atoms with Gasteiger partial charge in [-0.1, -0.05) is 17.3 Å². The van der Waals surface area contributed by atoms with Crippen LogP contribution in [0.4, 0.5) is 5.82 Å². The van der Waals surface area contributed by atoms with Crippen LogP contribution in [-0.2, 0) is 6.42 Å². The summed E-state index contributed by atoms with van der Waals surface area (Å²) in [6.45, 7) is 6.03. The fourth-order valence-corrected chi connectivity index (χ4v) is 4.27. The molecule has 0 bridgehead atoms. The molecular weight excluding hydrogens is 382 g/mol. The summed E-state index contributed by atoms with van der Waals surface area (Å²) in [5, 5.41) is 5.34. The van der Waals surface area contributed by atoms with Crippen molar-refractivity contribution in [3.8, 4) is 5.88 Å². The minimum Gasteiger partial charge on any atom is -0.481 e. The highest BCUT2D eigenvalue weighted by Gasteiger charge is 2.27. The number of piperazine rings is 1. The van der Waals surface area contributed by atoms with Crippen LogP contribution in [0.5, 0.6) is 5.88 Å². The van der Waals surface area contributed by atoms with Crippen LogP contribution >= 0.6 is 0 Å². The Morgan fingerprint density at radius 2 is 1.93 bits per heavy atom. The summed E-state index contributed by atoms with van der Waals surface area (Å²) in [7, 11) is 1.59. The van der Waals surface area contributed by atoms with E-state index < -0.39 is 0 Å². The lowest BCUT2D eigenvalue weighted by Crippen LogP contribution is -2.50. The molecule has 30 heavy (non-hydrogen) atoms. The van der Waals surface area contributed by atoms with Gasteiger partial charge in [-0.3, -0.25) is 9.69 Å². The molecule has 0 saturated carbocycles. The van der Waals surface area contributed by atoms with Crippen molar-refractivity contribution in [1.29, 1.82) is 0 Å². The van der Waals surface area contributed by atoms with E-state index in [0.29, 0.717) is 11.4 Å². The van der Waals surface area contributed by atoms with E-state index >= 15 is 0 Å². The molecule has 2 aliphatic heterocycles. The second-order valence-corrected chi connectivity index (χ2v) is 7.76. The van der Waals surface area contributed by atoms with Gasteiger partial charge in [-0.15, -0.1) is 0 Å². The summed E-state index contributed by atoms with van der Waals surface area (Å²) < 4.78 is 10.6. The number of benzene rings is 1. The van der Waals surface area contributed by atoms with Crippen LogP contribution in [0.1, 0.15) is 15.9 Å². The number of fused-ring (bicyclic) bond motifs is 2. The van der Waals surface area contributed by atoms with Gasteiger partial charge in [0.25, 0.3) is 5.91 Å². The average Bonchev–Trinajstić information content (AvgIpc) is 3.23. The van der Waals surface area contributed by atoms with E-state index in [1.54, 1.807) is 13.3 Å². The Kier molecular flexibility index (Phi) is 5.00. The second-order valence-electron chi connectivity index (χ2n) is 7.76. The minimum atomic E-state index is 0.0686. The van der Waals surface area contributed by atoms with Gasteiger partial charge in [-0.25, -0.2) is 4.98 Å². The molecule has 0 spiro atoms. The quantitative estimate of drug-likeness (QED) is 0.641. The molecule has 0 N–H and O–H groups in total. The molecule has 5 rings (SSSR count). The molecule has 0 aliphatic carbocycles. The van der Waals surface area contributed by atoms with Gasteiger partial charge in [-0.2, -0.15) is 0 Å². The van der Waals surface area contributed by atoms with Crippen molar-refractivity contribution >= 4 is 22.7 Å². The van der Waals surface area contributed by atoms with Crippen molar-refractivity contribution in [2.45, 2.75) is 6.42 Å².